The van der Waals surface area contributed by atoms with Crippen LogP contribution in [0.3, 0.4) is 0 Å². The van der Waals surface area contributed by atoms with E-state index >= 15 is 0 Å². The van der Waals surface area contributed by atoms with Crippen molar-refractivity contribution in [2.75, 3.05) is 11.9 Å². The van der Waals surface area contributed by atoms with Gasteiger partial charge in [0.2, 0.25) is 5.91 Å². The largest absolute Gasteiger partial charge is 0.302 e. The summed E-state index contributed by atoms with van der Waals surface area (Å²) in [6.45, 7) is 6.27. The molecule has 2 aromatic rings. The average molecular weight is 386 g/mol. The fourth-order valence-corrected chi connectivity index (χ4v) is 4.18. The second-order valence-electron chi connectivity index (χ2n) is 7.28. The highest BCUT2D eigenvalue weighted by Crippen LogP contribution is 2.24. The first-order valence-electron chi connectivity index (χ1n) is 9.60. The molecule has 1 N–H and O–H groups in total. The summed E-state index contributed by atoms with van der Waals surface area (Å²) >= 11 is 1.52. The van der Waals surface area contributed by atoms with Crippen LogP contribution in [-0.4, -0.2) is 34.2 Å². The zero-order chi connectivity index (χ0) is 19.2. The standard InChI is InChI=1S/C21H27N3O2S/c1-15-6-8-17(9-7-15)19(25)10-11-20(26)23-21-22-13-18(27-21)14-24-12-4-3-5-16(24)2/h6-9,13,16H,3-5,10-12,14H2,1-2H3,(H,22,23,26). The number of thiazole rings is 1. The molecule has 1 atom stereocenters. The summed E-state index contributed by atoms with van der Waals surface area (Å²) in [6, 6.07) is 8.04. The Kier molecular flexibility index (Phi) is 6.74. The second kappa shape index (κ2) is 9.24. The van der Waals surface area contributed by atoms with Gasteiger partial charge in [0.05, 0.1) is 0 Å². The number of nitrogens with zero attached hydrogens (tertiary/aromatic N) is 2. The van der Waals surface area contributed by atoms with Crippen molar-refractivity contribution in [3.05, 3.63) is 46.5 Å². The van der Waals surface area contributed by atoms with Crippen LogP contribution in [0.15, 0.2) is 30.5 Å². The number of nitrogens with one attached hydrogen (secondary N) is 1. The number of amides is 1. The highest BCUT2D eigenvalue weighted by atomic mass is 32.1. The Bertz CT molecular complexity index is 785. The molecule has 1 amide bonds. The van der Waals surface area contributed by atoms with Crippen LogP contribution in [0, 0.1) is 6.92 Å². The number of carbonyl (C=O) groups is 2. The van der Waals surface area contributed by atoms with E-state index in [9.17, 15) is 9.59 Å². The molecule has 0 radical (unpaired) electrons. The number of likely N-dealkylation sites (tertiary alicyclic amines) is 1. The van der Waals surface area contributed by atoms with E-state index in [0.717, 1.165) is 23.5 Å². The lowest BCUT2D eigenvalue weighted by Crippen LogP contribution is -2.36. The number of hydrogen-bond acceptors (Lipinski definition) is 5. The van der Waals surface area contributed by atoms with Crippen molar-refractivity contribution in [1.29, 1.82) is 0 Å². The van der Waals surface area contributed by atoms with E-state index < -0.39 is 0 Å². The molecule has 1 aromatic heterocycles. The number of rotatable bonds is 7. The van der Waals surface area contributed by atoms with Crippen molar-refractivity contribution < 1.29 is 9.59 Å². The maximum Gasteiger partial charge on any atom is 0.226 e. The number of ketones is 1. The number of anilines is 1. The quantitative estimate of drug-likeness (QED) is 0.716. The SMILES string of the molecule is Cc1ccc(C(=O)CCC(=O)Nc2ncc(CN3CCCCC3C)s2)cc1. The highest BCUT2D eigenvalue weighted by Gasteiger charge is 2.19. The normalized spacial score (nSPS) is 17.6. The number of benzene rings is 1. The van der Waals surface area contributed by atoms with Gasteiger partial charge in [-0.3, -0.25) is 14.5 Å². The van der Waals surface area contributed by atoms with Crippen molar-refractivity contribution in [2.45, 2.75) is 58.5 Å². The maximum atomic E-state index is 12.2. The molecule has 0 spiro atoms. The van der Waals surface area contributed by atoms with Crippen LogP contribution in [-0.2, 0) is 11.3 Å². The summed E-state index contributed by atoms with van der Waals surface area (Å²) in [6.07, 6.45) is 6.03. The lowest BCUT2D eigenvalue weighted by atomic mass is 10.0. The zero-order valence-corrected chi connectivity index (χ0v) is 16.8. The topological polar surface area (TPSA) is 62.3 Å². The molecule has 5 nitrogen and oxygen atoms in total. The number of aryl methyl sites for hydroxylation is 1. The molecule has 1 saturated heterocycles. The summed E-state index contributed by atoms with van der Waals surface area (Å²) in [5.74, 6) is -0.174. The Morgan fingerprint density at radius 1 is 1.22 bits per heavy atom. The first-order chi connectivity index (χ1) is 13.0. The third-order valence-electron chi connectivity index (χ3n) is 5.05. The van der Waals surface area contributed by atoms with Crippen LogP contribution in [0.25, 0.3) is 0 Å². The van der Waals surface area contributed by atoms with Gasteiger partial charge in [-0.1, -0.05) is 36.2 Å². The minimum Gasteiger partial charge on any atom is -0.302 e. The smallest absolute Gasteiger partial charge is 0.226 e. The minimum atomic E-state index is -0.164. The van der Waals surface area contributed by atoms with Crippen LogP contribution in [0.1, 0.15) is 59.8 Å². The second-order valence-corrected chi connectivity index (χ2v) is 8.40. The highest BCUT2D eigenvalue weighted by molar-refractivity contribution is 7.15. The van der Waals surface area contributed by atoms with E-state index in [1.807, 2.05) is 37.4 Å². The third-order valence-corrected chi connectivity index (χ3v) is 5.95. The first kappa shape index (κ1) is 19.7. The van der Waals surface area contributed by atoms with E-state index in [-0.39, 0.29) is 24.5 Å². The van der Waals surface area contributed by atoms with E-state index in [1.54, 1.807) is 0 Å². The van der Waals surface area contributed by atoms with Gasteiger partial charge < -0.3 is 5.32 Å². The fourth-order valence-electron chi connectivity index (χ4n) is 3.32. The van der Waals surface area contributed by atoms with E-state index in [4.69, 9.17) is 0 Å². The molecular weight excluding hydrogens is 358 g/mol. The molecular formula is C21H27N3O2S. The van der Waals surface area contributed by atoms with Gasteiger partial charge in [0, 0.05) is 42.1 Å². The van der Waals surface area contributed by atoms with Crippen LogP contribution >= 0.6 is 11.3 Å². The number of hydrogen-bond donors (Lipinski definition) is 1. The predicted octanol–water partition coefficient (Wildman–Crippen LogP) is 4.43. The zero-order valence-electron chi connectivity index (χ0n) is 16.0. The summed E-state index contributed by atoms with van der Waals surface area (Å²) in [7, 11) is 0. The molecule has 6 heteroatoms. The van der Waals surface area contributed by atoms with Crippen molar-refractivity contribution in [1.82, 2.24) is 9.88 Å². The van der Waals surface area contributed by atoms with Crippen LogP contribution < -0.4 is 5.32 Å². The van der Waals surface area contributed by atoms with Gasteiger partial charge in [-0.15, -0.1) is 11.3 Å². The predicted molar refractivity (Wildman–Crippen MR) is 109 cm³/mol. The third kappa shape index (κ3) is 5.71. The van der Waals surface area contributed by atoms with Gasteiger partial charge >= 0.3 is 0 Å². The molecule has 27 heavy (non-hydrogen) atoms. The van der Waals surface area contributed by atoms with Crippen molar-refractivity contribution in [3.8, 4) is 0 Å². The number of Topliss-reactive ketones (excluding diaryl/α,β-unsaturated/α-hetero) is 1. The van der Waals surface area contributed by atoms with Crippen molar-refractivity contribution in [3.63, 3.8) is 0 Å². The Morgan fingerprint density at radius 2 is 2.00 bits per heavy atom. The van der Waals surface area contributed by atoms with Gasteiger partial charge in [0.15, 0.2) is 10.9 Å². The summed E-state index contributed by atoms with van der Waals surface area (Å²) < 4.78 is 0. The summed E-state index contributed by atoms with van der Waals surface area (Å²) in [5.41, 5.74) is 1.77. The molecule has 1 aliphatic heterocycles. The molecule has 2 heterocycles. The Morgan fingerprint density at radius 3 is 2.74 bits per heavy atom. The monoisotopic (exact) mass is 385 g/mol. The van der Waals surface area contributed by atoms with Gasteiger partial charge in [-0.05, 0) is 33.2 Å². The fraction of sp³-hybridized carbons (Fsp3) is 0.476. The van der Waals surface area contributed by atoms with Gasteiger partial charge in [0.25, 0.3) is 0 Å². The number of piperidine rings is 1. The summed E-state index contributed by atoms with van der Waals surface area (Å²) in [5, 5.41) is 3.44. The number of carbonyl (C=O) groups excluding carboxylic acids is 2. The van der Waals surface area contributed by atoms with Gasteiger partial charge in [-0.25, -0.2) is 4.98 Å². The lowest BCUT2D eigenvalue weighted by molar-refractivity contribution is -0.116. The maximum absolute atomic E-state index is 12.2. The van der Waals surface area contributed by atoms with Crippen LogP contribution in [0.5, 0.6) is 0 Å². The minimum absolute atomic E-state index is 0.0101. The average Bonchev–Trinajstić information content (AvgIpc) is 3.09. The van der Waals surface area contributed by atoms with Crippen LogP contribution in [0.2, 0.25) is 0 Å². The molecule has 144 valence electrons. The Balaban J connectivity index is 1.46. The molecule has 3 rings (SSSR count). The van der Waals surface area contributed by atoms with E-state index in [2.05, 4.69) is 22.1 Å². The molecule has 0 saturated carbocycles. The van der Waals surface area contributed by atoms with Gasteiger partial charge in [0.1, 0.15) is 0 Å². The molecule has 0 bridgehead atoms. The molecule has 0 aliphatic carbocycles. The molecule has 1 fully saturated rings. The van der Waals surface area contributed by atoms with Crippen molar-refractivity contribution in [2.24, 2.45) is 0 Å². The molecule has 1 unspecified atom stereocenters. The lowest BCUT2D eigenvalue weighted by Gasteiger charge is -2.32. The van der Waals surface area contributed by atoms with Gasteiger partial charge in [-0.2, -0.15) is 0 Å². The molecule has 1 aromatic carbocycles. The molecule has 1 aliphatic rings. The Hall–Kier alpha value is -2.05. The van der Waals surface area contributed by atoms with Crippen molar-refractivity contribution >= 4 is 28.2 Å². The van der Waals surface area contributed by atoms with E-state index in [1.165, 1.54) is 30.6 Å². The first-order valence-corrected chi connectivity index (χ1v) is 10.4. The summed E-state index contributed by atoms with van der Waals surface area (Å²) in [4.78, 5) is 32.3. The Labute approximate surface area is 164 Å². The van der Waals surface area contributed by atoms with E-state index in [0.29, 0.717) is 16.7 Å². The van der Waals surface area contributed by atoms with Crippen LogP contribution in [0.4, 0.5) is 5.13 Å². The number of aromatic nitrogens is 1.